The zero-order valence-corrected chi connectivity index (χ0v) is 8.10. The first-order valence-electron chi connectivity index (χ1n) is 4.76. The first-order valence-corrected chi connectivity index (χ1v) is 4.76. The van der Waals surface area contributed by atoms with Crippen molar-refractivity contribution in [3.8, 4) is 5.75 Å². The highest BCUT2D eigenvalue weighted by molar-refractivity contribution is 5.94. The highest BCUT2D eigenvalue weighted by Gasteiger charge is 2.24. The molecule has 1 aromatic rings. The van der Waals surface area contributed by atoms with Crippen molar-refractivity contribution in [2.24, 2.45) is 5.73 Å². The van der Waals surface area contributed by atoms with Gasteiger partial charge >= 0.3 is 0 Å². The predicted molar refractivity (Wildman–Crippen MR) is 54.0 cm³/mol. The van der Waals surface area contributed by atoms with Crippen molar-refractivity contribution in [2.45, 2.75) is 18.9 Å². The second-order valence-electron chi connectivity index (χ2n) is 3.55. The zero-order valence-electron chi connectivity index (χ0n) is 8.10. The third-order valence-electron chi connectivity index (χ3n) is 2.24. The Hall–Kier alpha value is -1.84. The lowest BCUT2D eigenvalue weighted by molar-refractivity contribution is 0.0998. The number of hydrogen-bond donors (Lipinski definition) is 1. The topological polar surface area (TPSA) is 69.4 Å². The Morgan fingerprint density at radius 3 is 2.73 bits per heavy atom. The smallest absolute Gasteiger partial charge is 0.248 e. The van der Waals surface area contributed by atoms with Crippen LogP contribution in [0.2, 0.25) is 0 Å². The molecule has 1 aromatic carbocycles. The van der Waals surface area contributed by atoms with Gasteiger partial charge in [0.25, 0.3) is 0 Å². The van der Waals surface area contributed by atoms with Crippen molar-refractivity contribution in [1.29, 1.82) is 0 Å². The van der Waals surface area contributed by atoms with Gasteiger partial charge in [0.15, 0.2) is 6.29 Å². The second kappa shape index (κ2) is 3.73. The molecule has 2 N–H and O–H groups in total. The van der Waals surface area contributed by atoms with Crippen LogP contribution < -0.4 is 10.5 Å². The minimum Gasteiger partial charge on any atom is -0.490 e. The van der Waals surface area contributed by atoms with E-state index in [1.807, 2.05) is 0 Å². The van der Waals surface area contributed by atoms with Crippen LogP contribution in [0.5, 0.6) is 5.75 Å². The van der Waals surface area contributed by atoms with Gasteiger partial charge in [-0.25, -0.2) is 0 Å². The average Bonchev–Trinajstić information content (AvgIpc) is 3.01. The van der Waals surface area contributed by atoms with E-state index in [0.717, 1.165) is 12.8 Å². The number of benzene rings is 1. The van der Waals surface area contributed by atoms with E-state index in [2.05, 4.69) is 0 Å². The summed E-state index contributed by atoms with van der Waals surface area (Å²) < 4.78 is 5.50. The van der Waals surface area contributed by atoms with Crippen LogP contribution in [0.15, 0.2) is 18.2 Å². The molecule has 0 saturated heterocycles. The third kappa shape index (κ3) is 2.15. The number of ether oxygens (including phenoxy) is 1. The molecule has 0 aromatic heterocycles. The molecule has 15 heavy (non-hydrogen) atoms. The van der Waals surface area contributed by atoms with Gasteiger partial charge in [-0.3, -0.25) is 9.59 Å². The first-order chi connectivity index (χ1) is 7.20. The maximum Gasteiger partial charge on any atom is 0.248 e. The van der Waals surface area contributed by atoms with E-state index in [-0.39, 0.29) is 6.10 Å². The molecule has 4 nitrogen and oxygen atoms in total. The maximum absolute atomic E-state index is 10.9. The van der Waals surface area contributed by atoms with Gasteiger partial charge in [-0.1, -0.05) is 0 Å². The molecule has 1 aliphatic rings. The lowest BCUT2D eigenvalue weighted by Crippen LogP contribution is -2.11. The summed E-state index contributed by atoms with van der Waals surface area (Å²) in [7, 11) is 0. The van der Waals surface area contributed by atoms with Crippen LogP contribution >= 0.6 is 0 Å². The van der Waals surface area contributed by atoms with E-state index in [1.54, 1.807) is 6.07 Å². The first kappa shape index (κ1) is 9.71. The Kier molecular flexibility index (Phi) is 2.41. The summed E-state index contributed by atoms with van der Waals surface area (Å²) in [5, 5.41) is 0. The van der Waals surface area contributed by atoms with Crippen molar-refractivity contribution < 1.29 is 14.3 Å². The summed E-state index contributed by atoms with van der Waals surface area (Å²) in [5.74, 6) is -0.0723. The van der Waals surface area contributed by atoms with Gasteiger partial charge in [0.1, 0.15) is 5.75 Å². The molecule has 1 fully saturated rings. The standard InChI is InChI=1S/C11H11NO3/c12-11(14)7-1-2-8(6-13)10(5-7)15-9-3-4-9/h1-2,5-6,9H,3-4H2,(H2,12,14). The van der Waals surface area contributed by atoms with Crippen LogP contribution in [0.1, 0.15) is 33.6 Å². The summed E-state index contributed by atoms with van der Waals surface area (Å²) in [5.41, 5.74) is 5.95. The minimum absolute atomic E-state index is 0.187. The van der Waals surface area contributed by atoms with Crippen molar-refractivity contribution in [2.75, 3.05) is 0 Å². The second-order valence-corrected chi connectivity index (χ2v) is 3.55. The Labute approximate surface area is 87.0 Å². The average molecular weight is 205 g/mol. The van der Waals surface area contributed by atoms with Gasteiger partial charge in [0.05, 0.1) is 11.7 Å². The van der Waals surface area contributed by atoms with Crippen LogP contribution in [0.25, 0.3) is 0 Å². The Morgan fingerprint density at radius 1 is 1.47 bits per heavy atom. The predicted octanol–water partition coefficient (Wildman–Crippen LogP) is 1.14. The summed E-state index contributed by atoms with van der Waals surface area (Å²) in [6, 6.07) is 4.58. The molecule has 1 amide bonds. The molecular formula is C11H11NO3. The number of carbonyl (C=O) groups is 2. The van der Waals surface area contributed by atoms with E-state index in [9.17, 15) is 9.59 Å². The van der Waals surface area contributed by atoms with Gasteiger partial charge < -0.3 is 10.5 Å². The Balaban J connectivity index is 2.32. The molecule has 4 heteroatoms. The van der Waals surface area contributed by atoms with Gasteiger partial charge in [0, 0.05) is 5.56 Å². The molecular weight excluding hydrogens is 194 g/mol. The number of nitrogens with two attached hydrogens (primary N) is 1. The minimum atomic E-state index is -0.520. The van der Waals surface area contributed by atoms with E-state index in [4.69, 9.17) is 10.5 Å². The van der Waals surface area contributed by atoms with Crippen molar-refractivity contribution in [1.82, 2.24) is 0 Å². The number of carbonyl (C=O) groups excluding carboxylic acids is 2. The third-order valence-corrected chi connectivity index (χ3v) is 2.24. The van der Waals surface area contributed by atoms with Crippen LogP contribution in [0.3, 0.4) is 0 Å². The largest absolute Gasteiger partial charge is 0.490 e. The fourth-order valence-electron chi connectivity index (χ4n) is 1.25. The fourth-order valence-corrected chi connectivity index (χ4v) is 1.25. The van der Waals surface area contributed by atoms with Gasteiger partial charge in [0.2, 0.25) is 5.91 Å². The van der Waals surface area contributed by atoms with Crippen LogP contribution in [0, 0.1) is 0 Å². The lowest BCUT2D eigenvalue weighted by atomic mass is 10.1. The zero-order chi connectivity index (χ0) is 10.8. The highest BCUT2D eigenvalue weighted by atomic mass is 16.5. The molecule has 0 unspecified atom stereocenters. The number of aldehydes is 1. The fraction of sp³-hybridized carbons (Fsp3) is 0.273. The molecule has 78 valence electrons. The summed E-state index contributed by atoms with van der Waals surface area (Å²) in [4.78, 5) is 21.6. The Bertz CT molecular complexity index is 410. The lowest BCUT2D eigenvalue weighted by Gasteiger charge is -2.07. The normalized spacial score (nSPS) is 14.7. The monoisotopic (exact) mass is 205 g/mol. The molecule has 0 heterocycles. The quantitative estimate of drug-likeness (QED) is 0.749. The van der Waals surface area contributed by atoms with Gasteiger partial charge in [-0.15, -0.1) is 0 Å². The highest BCUT2D eigenvalue weighted by Crippen LogP contribution is 2.29. The number of rotatable bonds is 4. The van der Waals surface area contributed by atoms with Crippen LogP contribution in [-0.2, 0) is 0 Å². The SMILES string of the molecule is NC(=O)c1ccc(C=O)c(OC2CC2)c1. The van der Waals surface area contributed by atoms with E-state index >= 15 is 0 Å². The molecule has 1 aliphatic carbocycles. The maximum atomic E-state index is 10.9. The molecule has 0 atom stereocenters. The number of primary amides is 1. The van der Waals surface area contributed by atoms with Crippen LogP contribution in [0.4, 0.5) is 0 Å². The van der Waals surface area contributed by atoms with Gasteiger partial charge in [-0.2, -0.15) is 0 Å². The molecule has 0 aliphatic heterocycles. The van der Waals surface area contributed by atoms with Crippen molar-refractivity contribution >= 4 is 12.2 Å². The van der Waals surface area contributed by atoms with E-state index in [1.165, 1.54) is 12.1 Å². The molecule has 1 saturated carbocycles. The van der Waals surface area contributed by atoms with Gasteiger partial charge in [-0.05, 0) is 31.0 Å². The molecule has 2 rings (SSSR count). The molecule has 0 spiro atoms. The van der Waals surface area contributed by atoms with E-state index in [0.29, 0.717) is 23.2 Å². The number of hydrogen-bond acceptors (Lipinski definition) is 3. The van der Waals surface area contributed by atoms with Crippen molar-refractivity contribution in [3.63, 3.8) is 0 Å². The van der Waals surface area contributed by atoms with E-state index < -0.39 is 5.91 Å². The molecule has 0 bridgehead atoms. The van der Waals surface area contributed by atoms with Crippen LogP contribution in [-0.4, -0.2) is 18.3 Å². The molecule has 0 radical (unpaired) electrons. The summed E-state index contributed by atoms with van der Waals surface area (Å²) >= 11 is 0. The summed E-state index contributed by atoms with van der Waals surface area (Å²) in [6.45, 7) is 0. The number of amides is 1. The summed E-state index contributed by atoms with van der Waals surface area (Å²) in [6.07, 6.45) is 2.90. The van der Waals surface area contributed by atoms with Crippen molar-refractivity contribution in [3.05, 3.63) is 29.3 Å². The Morgan fingerprint density at radius 2 is 2.20 bits per heavy atom.